The third kappa shape index (κ3) is 4.28. The molecule has 0 unspecified atom stereocenters. The number of alkyl halides is 2. The second kappa shape index (κ2) is 8.09. The van der Waals surface area contributed by atoms with Gasteiger partial charge in [0, 0.05) is 16.5 Å². The molecule has 2 heterocycles. The number of amides is 1. The van der Waals surface area contributed by atoms with Crippen molar-refractivity contribution in [3.05, 3.63) is 65.5 Å². The quantitative estimate of drug-likeness (QED) is 0.576. The van der Waals surface area contributed by atoms with Crippen LogP contribution in [0, 0.1) is 5.41 Å². The lowest BCUT2D eigenvalue weighted by atomic mass is 9.92. The molecule has 0 N–H and O–H groups in total. The van der Waals surface area contributed by atoms with Crippen molar-refractivity contribution in [1.29, 1.82) is 0 Å². The average Bonchev–Trinajstić information content (AvgIpc) is 3.16. The molecule has 8 heteroatoms. The van der Waals surface area contributed by atoms with Gasteiger partial charge in [0.05, 0.1) is 12.6 Å². The Hall–Kier alpha value is -3.29. The number of rotatable bonds is 3. The summed E-state index contributed by atoms with van der Waals surface area (Å²) in [4.78, 5) is 15.1. The van der Waals surface area contributed by atoms with Crippen LogP contribution in [0.25, 0.3) is 11.5 Å². The van der Waals surface area contributed by atoms with E-state index in [0.29, 0.717) is 17.9 Å². The van der Waals surface area contributed by atoms with E-state index in [2.05, 4.69) is 10.2 Å². The van der Waals surface area contributed by atoms with Crippen LogP contribution in [0.15, 0.2) is 52.9 Å². The van der Waals surface area contributed by atoms with Crippen LogP contribution in [0.1, 0.15) is 50.3 Å². The summed E-state index contributed by atoms with van der Waals surface area (Å²) in [7, 11) is 0. The second-order valence-electron chi connectivity index (χ2n) is 8.49. The monoisotopic (exact) mass is 427 g/mol. The topological polar surface area (TPSA) is 68.5 Å². The van der Waals surface area contributed by atoms with Crippen LogP contribution in [0.3, 0.4) is 0 Å². The first kappa shape index (κ1) is 21.0. The van der Waals surface area contributed by atoms with Crippen molar-refractivity contribution >= 4 is 5.91 Å². The first-order valence-electron chi connectivity index (χ1n) is 9.97. The fraction of sp³-hybridized carbons (Fsp3) is 0.348. The van der Waals surface area contributed by atoms with Gasteiger partial charge in [0.1, 0.15) is 12.4 Å². The van der Waals surface area contributed by atoms with E-state index in [0.717, 1.165) is 11.1 Å². The van der Waals surface area contributed by atoms with E-state index >= 15 is 0 Å². The maximum Gasteiger partial charge on any atom is 0.314 e. The van der Waals surface area contributed by atoms with Crippen LogP contribution in [-0.2, 0) is 11.3 Å². The standard InChI is InChI=1S/C23H23F2N3O3/c1-23(2,3)22(29)28-12-16-10-9-15(20-26-27-21(31-20)19(24)25)11-18(16)30-13-17(28)14-7-5-4-6-8-14/h4-11,17,19H,12-13H2,1-3H3/t17-/m1/s1. The normalized spacial score (nSPS) is 16.6. The van der Waals surface area contributed by atoms with Gasteiger partial charge in [0.15, 0.2) is 0 Å². The number of nitrogens with zero attached hydrogens (tertiary/aromatic N) is 3. The Morgan fingerprint density at radius 2 is 1.87 bits per heavy atom. The number of carbonyl (C=O) groups is 1. The fourth-order valence-corrected chi connectivity index (χ4v) is 3.54. The number of benzene rings is 2. The molecule has 1 aliphatic rings. The molecule has 3 aromatic rings. The number of ether oxygens (including phenoxy) is 1. The van der Waals surface area contributed by atoms with E-state index < -0.39 is 17.7 Å². The van der Waals surface area contributed by atoms with Crippen molar-refractivity contribution in [2.45, 2.75) is 39.8 Å². The molecule has 0 aliphatic carbocycles. The molecule has 1 aromatic heterocycles. The van der Waals surface area contributed by atoms with Gasteiger partial charge in [-0.1, -0.05) is 57.2 Å². The lowest BCUT2D eigenvalue weighted by Gasteiger charge is -2.34. The van der Waals surface area contributed by atoms with Gasteiger partial charge >= 0.3 is 6.43 Å². The second-order valence-corrected chi connectivity index (χ2v) is 8.49. The van der Waals surface area contributed by atoms with Crippen LogP contribution in [0.2, 0.25) is 0 Å². The highest BCUT2D eigenvalue weighted by atomic mass is 19.3. The largest absolute Gasteiger partial charge is 0.491 e. The summed E-state index contributed by atoms with van der Waals surface area (Å²) in [5.74, 6) is -0.162. The van der Waals surface area contributed by atoms with E-state index in [4.69, 9.17) is 9.15 Å². The summed E-state index contributed by atoms with van der Waals surface area (Å²) in [6.07, 6.45) is -2.83. The Kier molecular flexibility index (Phi) is 5.47. The van der Waals surface area contributed by atoms with Gasteiger partial charge < -0.3 is 14.1 Å². The van der Waals surface area contributed by atoms with Crippen LogP contribution in [0.5, 0.6) is 5.75 Å². The molecule has 0 saturated carbocycles. The molecule has 0 spiro atoms. The van der Waals surface area contributed by atoms with E-state index in [-0.39, 0.29) is 24.4 Å². The van der Waals surface area contributed by atoms with Crippen molar-refractivity contribution in [1.82, 2.24) is 15.1 Å². The van der Waals surface area contributed by atoms with Crippen molar-refractivity contribution in [2.24, 2.45) is 5.41 Å². The molecule has 0 fully saturated rings. The van der Waals surface area contributed by atoms with E-state index in [1.54, 1.807) is 18.2 Å². The SMILES string of the molecule is CC(C)(C)C(=O)N1Cc2ccc(-c3nnc(C(F)F)o3)cc2OC[C@@H]1c1ccccc1. The number of aromatic nitrogens is 2. The van der Waals surface area contributed by atoms with Crippen LogP contribution < -0.4 is 4.74 Å². The smallest absolute Gasteiger partial charge is 0.314 e. The molecule has 31 heavy (non-hydrogen) atoms. The summed E-state index contributed by atoms with van der Waals surface area (Å²) >= 11 is 0. The highest BCUT2D eigenvalue weighted by Gasteiger charge is 2.35. The zero-order valence-corrected chi connectivity index (χ0v) is 17.5. The number of carbonyl (C=O) groups excluding carboxylic acids is 1. The molecule has 4 rings (SSSR count). The summed E-state index contributed by atoms with van der Waals surface area (Å²) in [6.45, 7) is 6.29. The molecule has 0 radical (unpaired) electrons. The lowest BCUT2D eigenvalue weighted by molar-refractivity contribution is -0.143. The lowest BCUT2D eigenvalue weighted by Crippen LogP contribution is -2.42. The molecule has 1 aliphatic heterocycles. The molecule has 6 nitrogen and oxygen atoms in total. The molecule has 0 bridgehead atoms. The van der Waals surface area contributed by atoms with Crippen molar-refractivity contribution in [2.75, 3.05) is 6.61 Å². The van der Waals surface area contributed by atoms with Gasteiger partial charge in [-0.3, -0.25) is 4.79 Å². The predicted molar refractivity (Wildman–Crippen MR) is 109 cm³/mol. The molecular weight excluding hydrogens is 404 g/mol. The Morgan fingerprint density at radius 3 is 2.52 bits per heavy atom. The van der Waals surface area contributed by atoms with E-state index in [9.17, 15) is 13.6 Å². The summed E-state index contributed by atoms with van der Waals surface area (Å²) < 4.78 is 36.7. The van der Waals surface area contributed by atoms with Crippen molar-refractivity contribution in [3.63, 3.8) is 0 Å². The highest BCUT2D eigenvalue weighted by Crippen LogP contribution is 2.36. The third-order valence-electron chi connectivity index (χ3n) is 5.14. The Labute approximate surface area is 178 Å². The van der Waals surface area contributed by atoms with Gasteiger partial charge in [0.25, 0.3) is 5.89 Å². The summed E-state index contributed by atoms with van der Waals surface area (Å²) in [6, 6.07) is 14.7. The van der Waals surface area contributed by atoms with Crippen molar-refractivity contribution in [3.8, 4) is 17.2 Å². The van der Waals surface area contributed by atoms with Gasteiger partial charge in [-0.05, 0) is 17.7 Å². The van der Waals surface area contributed by atoms with Gasteiger partial charge in [-0.2, -0.15) is 8.78 Å². The van der Waals surface area contributed by atoms with Gasteiger partial charge in [-0.25, -0.2) is 0 Å². The maximum atomic E-state index is 13.3. The minimum absolute atomic E-state index is 0.00631. The minimum atomic E-state index is -2.83. The molecule has 1 atom stereocenters. The van der Waals surface area contributed by atoms with Crippen LogP contribution in [0.4, 0.5) is 8.78 Å². The number of fused-ring (bicyclic) bond motifs is 1. The van der Waals surface area contributed by atoms with Gasteiger partial charge in [0.2, 0.25) is 11.8 Å². The zero-order chi connectivity index (χ0) is 22.2. The molecule has 1 amide bonds. The third-order valence-corrected chi connectivity index (χ3v) is 5.14. The van der Waals surface area contributed by atoms with Crippen molar-refractivity contribution < 1.29 is 22.7 Å². The molecule has 2 aromatic carbocycles. The Morgan fingerprint density at radius 1 is 1.13 bits per heavy atom. The zero-order valence-electron chi connectivity index (χ0n) is 17.5. The maximum absolute atomic E-state index is 13.3. The summed E-state index contributed by atoms with van der Waals surface area (Å²) in [5.41, 5.74) is 1.71. The van der Waals surface area contributed by atoms with E-state index in [1.807, 2.05) is 56.0 Å². The first-order valence-corrected chi connectivity index (χ1v) is 9.97. The predicted octanol–water partition coefficient (Wildman–Crippen LogP) is 5.18. The van der Waals surface area contributed by atoms with Crippen LogP contribution >= 0.6 is 0 Å². The highest BCUT2D eigenvalue weighted by molar-refractivity contribution is 5.82. The molecule has 162 valence electrons. The van der Waals surface area contributed by atoms with Gasteiger partial charge in [-0.15, -0.1) is 10.2 Å². The molecular formula is C23H23F2N3O3. The number of hydrogen-bond donors (Lipinski definition) is 0. The Balaban J connectivity index is 1.70. The van der Waals surface area contributed by atoms with Crippen LogP contribution in [-0.4, -0.2) is 27.6 Å². The average molecular weight is 427 g/mol. The minimum Gasteiger partial charge on any atom is -0.491 e. The fourth-order valence-electron chi connectivity index (χ4n) is 3.54. The summed E-state index contributed by atoms with van der Waals surface area (Å²) in [5, 5.41) is 7.08. The molecule has 0 saturated heterocycles. The van der Waals surface area contributed by atoms with E-state index in [1.165, 1.54) is 0 Å². The number of hydrogen-bond acceptors (Lipinski definition) is 5. The Bertz CT molecular complexity index is 1080. The number of halogens is 2. The first-order chi connectivity index (χ1) is 14.7.